The highest BCUT2D eigenvalue weighted by Gasteiger charge is 2.34. The Morgan fingerprint density at radius 3 is 2.50 bits per heavy atom. The summed E-state index contributed by atoms with van der Waals surface area (Å²) in [5.41, 5.74) is -1.30. The van der Waals surface area contributed by atoms with Crippen molar-refractivity contribution in [2.45, 2.75) is 6.18 Å². The van der Waals surface area contributed by atoms with Crippen molar-refractivity contribution in [2.24, 2.45) is 0 Å². The van der Waals surface area contributed by atoms with E-state index < -0.39 is 17.6 Å². The molecule has 0 radical (unpaired) electrons. The Balaban J connectivity index is 2.32. The van der Waals surface area contributed by atoms with Crippen molar-refractivity contribution in [2.75, 3.05) is 5.32 Å². The van der Waals surface area contributed by atoms with Gasteiger partial charge in [0.2, 0.25) is 0 Å². The SMILES string of the molecule is O=C(Nc1ccc(Cl)cc1C(F)(F)F)c1ccc(Br)s1. The van der Waals surface area contributed by atoms with Crippen LogP contribution in [-0.2, 0) is 6.18 Å². The molecule has 2 rings (SSSR count). The minimum Gasteiger partial charge on any atom is -0.321 e. The molecule has 0 spiro atoms. The van der Waals surface area contributed by atoms with Crippen molar-refractivity contribution in [1.29, 1.82) is 0 Å². The number of thiophene rings is 1. The lowest BCUT2D eigenvalue weighted by Gasteiger charge is -2.13. The van der Waals surface area contributed by atoms with Crippen LogP contribution in [0.1, 0.15) is 15.2 Å². The van der Waals surface area contributed by atoms with Crippen LogP contribution in [0.15, 0.2) is 34.1 Å². The van der Waals surface area contributed by atoms with E-state index in [1.165, 1.54) is 12.1 Å². The first-order valence-corrected chi connectivity index (χ1v) is 7.19. The summed E-state index contributed by atoms with van der Waals surface area (Å²) in [4.78, 5) is 12.2. The van der Waals surface area contributed by atoms with Crippen LogP contribution in [0.4, 0.5) is 18.9 Å². The molecule has 0 atom stereocenters. The summed E-state index contributed by atoms with van der Waals surface area (Å²) in [6, 6.07) is 6.36. The number of hydrogen-bond acceptors (Lipinski definition) is 2. The van der Waals surface area contributed by atoms with Gasteiger partial charge < -0.3 is 5.32 Å². The topological polar surface area (TPSA) is 29.1 Å². The number of alkyl halides is 3. The average Bonchev–Trinajstić information content (AvgIpc) is 2.77. The highest BCUT2D eigenvalue weighted by atomic mass is 79.9. The second-order valence-corrected chi connectivity index (χ2v) is 6.64. The molecule has 1 heterocycles. The lowest BCUT2D eigenvalue weighted by Crippen LogP contribution is -2.15. The van der Waals surface area contributed by atoms with Crippen LogP contribution < -0.4 is 5.32 Å². The molecule has 0 saturated heterocycles. The maximum Gasteiger partial charge on any atom is 0.418 e. The molecule has 0 aliphatic carbocycles. The maximum atomic E-state index is 12.9. The van der Waals surface area contributed by atoms with Gasteiger partial charge >= 0.3 is 6.18 Å². The van der Waals surface area contributed by atoms with Crippen molar-refractivity contribution < 1.29 is 18.0 Å². The summed E-state index contributed by atoms with van der Waals surface area (Å²) in [6.07, 6.45) is -4.59. The fourth-order valence-electron chi connectivity index (χ4n) is 1.48. The van der Waals surface area contributed by atoms with E-state index in [1.54, 1.807) is 6.07 Å². The molecule has 0 bridgehead atoms. The molecule has 1 aromatic heterocycles. The van der Waals surface area contributed by atoms with Gasteiger partial charge in [0.15, 0.2) is 0 Å². The molecule has 0 unspecified atom stereocenters. The number of carbonyl (C=O) groups excluding carboxylic acids is 1. The number of halogens is 5. The van der Waals surface area contributed by atoms with Gasteiger partial charge in [-0.25, -0.2) is 0 Å². The summed E-state index contributed by atoms with van der Waals surface area (Å²) in [7, 11) is 0. The molecule has 0 aliphatic heterocycles. The number of amides is 1. The molecular weight excluding hydrogens is 379 g/mol. The first-order chi connectivity index (χ1) is 9.27. The number of carbonyl (C=O) groups is 1. The van der Waals surface area contributed by atoms with Gasteiger partial charge in [-0.05, 0) is 46.3 Å². The molecule has 2 aromatic rings. The lowest BCUT2D eigenvalue weighted by atomic mass is 10.1. The van der Waals surface area contributed by atoms with Gasteiger partial charge in [-0.3, -0.25) is 4.79 Å². The van der Waals surface area contributed by atoms with E-state index >= 15 is 0 Å². The fraction of sp³-hybridized carbons (Fsp3) is 0.0833. The monoisotopic (exact) mass is 383 g/mol. The zero-order valence-electron chi connectivity index (χ0n) is 9.59. The first-order valence-electron chi connectivity index (χ1n) is 5.21. The molecule has 2 nitrogen and oxygen atoms in total. The zero-order valence-corrected chi connectivity index (χ0v) is 12.8. The Hall–Kier alpha value is -1.05. The number of rotatable bonds is 2. The van der Waals surface area contributed by atoms with E-state index in [0.717, 1.165) is 27.3 Å². The minimum absolute atomic E-state index is 0.0470. The predicted octanol–water partition coefficient (Wildman–Crippen LogP) is 5.44. The molecule has 1 amide bonds. The summed E-state index contributed by atoms with van der Waals surface area (Å²) >= 11 is 9.87. The lowest BCUT2D eigenvalue weighted by molar-refractivity contribution is -0.136. The van der Waals surface area contributed by atoms with E-state index in [4.69, 9.17) is 11.6 Å². The second-order valence-electron chi connectivity index (χ2n) is 3.75. The van der Waals surface area contributed by atoms with Crippen LogP contribution >= 0.6 is 38.9 Å². The number of hydrogen-bond donors (Lipinski definition) is 1. The molecule has 106 valence electrons. The second kappa shape index (κ2) is 5.75. The van der Waals surface area contributed by atoms with Crippen LogP contribution in [0.5, 0.6) is 0 Å². The average molecular weight is 385 g/mol. The van der Waals surface area contributed by atoms with Crippen LogP contribution in [0, 0.1) is 0 Å². The molecule has 0 saturated carbocycles. The van der Waals surface area contributed by atoms with E-state index in [-0.39, 0.29) is 10.7 Å². The molecule has 8 heteroatoms. The van der Waals surface area contributed by atoms with Crippen LogP contribution in [-0.4, -0.2) is 5.91 Å². The highest BCUT2D eigenvalue weighted by Crippen LogP contribution is 2.36. The van der Waals surface area contributed by atoms with Crippen molar-refractivity contribution in [3.8, 4) is 0 Å². The number of benzene rings is 1. The molecule has 1 N–H and O–H groups in total. The molecule has 20 heavy (non-hydrogen) atoms. The van der Waals surface area contributed by atoms with Gasteiger partial charge in [-0.15, -0.1) is 11.3 Å². The fourth-order valence-corrected chi connectivity index (χ4v) is 2.93. The Kier molecular flexibility index (Phi) is 4.41. The normalized spacial score (nSPS) is 11.4. The Labute approximate surface area is 129 Å². The zero-order chi connectivity index (χ0) is 14.9. The van der Waals surface area contributed by atoms with Crippen LogP contribution in [0.25, 0.3) is 0 Å². The summed E-state index contributed by atoms with van der Waals surface area (Å²) in [5.74, 6) is -0.603. The van der Waals surface area contributed by atoms with Gasteiger partial charge in [-0.1, -0.05) is 11.6 Å². The number of nitrogens with one attached hydrogen (secondary N) is 1. The molecule has 0 fully saturated rings. The van der Waals surface area contributed by atoms with E-state index in [2.05, 4.69) is 21.2 Å². The maximum absolute atomic E-state index is 12.9. The van der Waals surface area contributed by atoms with Gasteiger partial charge in [0.25, 0.3) is 5.91 Å². The minimum atomic E-state index is -4.59. The summed E-state index contributed by atoms with van der Waals surface area (Å²) in [6.45, 7) is 0. The van der Waals surface area contributed by atoms with E-state index in [9.17, 15) is 18.0 Å². The smallest absolute Gasteiger partial charge is 0.321 e. The standard InChI is InChI=1S/C12H6BrClF3NOS/c13-10-4-3-9(20-10)11(19)18-8-2-1-6(14)5-7(8)12(15,16)17/h1-5H,(H,18,19). The van der Waals surface area contributed by atoms with Gasteiger partial charge in [0.1, 0.15) is 0 Å². The van der Waals surface area contributed by atoms with Crippen molar-refractivity contribution in [3.63, 3.8) is 0 Å². The van der Waals surface area contributed by atoms with E-state index in [1.807, 2.05) is 0 Å². The molecule has 0 aliphatic rings. The Morgan fingerprint density at radius 1 is 1.25 bits per heavy atom. The summed E-state index contributed by atoms with van der Waals surface area (Å²) < 4.78 is 39.3. The third-order valence-corrected chi connectivity index (χ3v) is 4.19. The van der Waals surface area contributed by atoms with Crippen LogP contribution in [0.3, 0.4) is 0 Å². The van der Waals surface area contributed by atoms with Crippen LogP contribution in [0.2, 0.25) is 5.02 Å². The Morgan fingerprint density at radius 2 is 1.95 bits per heavy atom. The predicted molar refractivity (Wildman–Crippen MR) is 76.4 cm³/mol. The van der Waals surface area contributed by atoms with Gasteiger partial charge in [-0.2, -0.15) is 13.2 Å². The van der Waals surface area contributed by atoms with Crippen molar-refractivity contribution >= 4 is 50.5 Å². The number of anilines is 1. The van der Waals surface area contributed by atoms with Gasteiger partial charge in [0, 0.05) is 5.02 Å². The quantitative estimate of drug-likeness (QED) is 0.734. The molecular formula is C12H6BrClF3NOS. The first kappa shape index (κ1) is 15.3. The third kappa shape index (κ3) is 3.53. The highest BCUT2D eigenvalue weighted by molar-refractivity contribution is 9.11. The van der Waals surface area contributed by atoms with Crippen molar-refractivity contribution in [1.82, 2.24) is 0 Å². The van der Waals surface area contributed by atoms with E-state index in [0.29, 0.717) is 4.88 Å². The van der Waals surface area contributed by atoms with Gasteiger partial charge in [0.05, 0.1) is 19.9 Å². The summed E-state index contributed by atoms with van der Waals surface area (Å²) in [5, 5.41) is 2.20. The Bertz CT molecular complexity index is 656. The third-order valence-electron chi connectivity index (χ3n) is 2.33. The largest absolute Gasteiger partial charge is 0.418 e. The molecule has 1 aromatic carbocycles. The van der Waals surface area contributed by atoms with Crippen molar-refractivity contribution in [3.05, 3.63) is 49.6 Å².